The summed E-state index contributed by atoms with van der Waals surface area (Å²) in [7, 11) is 0. The average Bonchev–Trinajstić information content (AvgIpc) is 2.97. The normalized spacial score (nSPS) is 11.3. The molecule has 2 N–H and O–H groups in total. The Balaban J connectivity index is 1.92. The molecule has 0 spiro atoms. The number of aliphatic hydroxyl groups excluding tert-OH is 1. The summed E-state index contributed by atoms with van der Waals surface area (Å²) < 4.78 is 5.46. The molecule has 2 heterocycles. The van der Waals surface area contributed by atoms with E-state index in [2.05, 4.69) is 9.97 Å². The van der Waals surface area contributed by atoms with Crippen LogP contribution in [0.5, 0.6) is 0 Å². The third-order valence-corrected chi connectivity index (χ3v) is 3.61. The number of rotatable bonds is 2. The molecule has 5 heteroatoms. The molecule has 5 nitrogen and oxygen atoms in total. The highest BCUT2D eigenvalue weighted by Crippen LogP contribution is 2.25. The number of aromatic amines is 1. The Morgan fingerprint density at radius 3 is 2.86 bits per heavy atom. The molecule has 4 rings (SSSR count). The summed E-state index contributed by atoms with van der Waals surface area (Å²) >= 11 is 0. The summed E-state index contributed by atoms with van der Waals surface area (Å²) in [5.41, 5.74) is 1.98. The standard InChI is InChI=1S/C17H12N2O3/c20-9-12-8-11-7-10(5-6-15(11)22-12)16-18-14-4-2-1-3-13(14)17(21)19-16/h1-8,20H,9H2,(H,18,19,21). The molecule has 0 radical (unpaired) electrons. The van der Waals surface area contributed by atoms with Crippen molar-refractivity contribution >= 4 is 21.9 Å². The van der Waals surface area contributed by atoms with Crippen molar-refractivity contribution in [3.63, 3.8) is 0 Å². The van der Waals surface area contributed by atoms with Crippen molar-refractivity contribution in [2.24, 2.45) is 0 Å². The Bertz CT molecular complexity index is 1050. The van der Waals surface area contributed by atoms with E-state index >= 15 is 0 Å². The number of hydrogen-bond acceptors (Lipinski definition) is 4. The minimum atomic E-state index is -0.163. The van der Waals surface area contributed by atoms with Gasteiger partial charge in [0.25, 0.3) is 5.56 Å². The van der Waals surface area contributed by atoms with Crippen LogP contribution in [0.3, 0.4) is 0 Å². The highest BCUT2D eigenvalue weighted by atomic mass is 16.4. The molecule has 0 atom stereocenters. The molecule has 2 aromatic carbocycles. The van der Waals surface area contributed by atoms with Gasteiger partial charge in [-0.25, -0.2) is 4.98 Å². The van der Waals surface area contributed by atoms with Crippen molar-refractivity contribution in [2.75, 3.05) is 0 Å². The molecule has 0 aliphatic rings. The van der Waals surface area contributed by atoms with E-state index < -0.39 is 0 Å². The van der Waals surface area contributed by atoms with Gasteiger partial charge in [-0.1, -0.05) is 12.1 Å². The topological polar surface area (TPSA) is 79.1 Å². The number of aliphatic hydroxyl groups is 1. The first-order valence-corrected chi connectivity index (χ1v) is 6.87. The van der Waals surface area contributed by atoms with Crippen molar-refractivity contribution < 1.29 is 9.52 Å². The first kappa shape index (κ1) is 12.8. The largest absolute Gasteiger partial charge is 0.459 e. The maximum Gasteiger partial charge on any atom is 0.259 e. The van der Waals surface area contributed by atoms with Crippen molar-refractivity contribution in [3.05, 3.63) is 64.6 Å². The van der Waals surface area contributed by atoms with E-state index in [1.54, 1.807) is 18.2 Å². The third kappa shape index (κ3) is 1.99. The number of hydrogen-bond donors (Lipinski definition) is 2. The van der Waals surface area contributed by atoms with Gasteiger partial charge in [-0.2, -0.15) is 0 Å². The summed E-state index contributed by atoms with van der Waals surface area (Å²) in [5.74, 6) is 1.02. The summed E-state index contributed by atoms with van der Waals surface area (Å²) in [6.45, 7) is -0.144. The number of nitrogens with zero attached hydrogens (tertiary/aromatic N) is 1. The smallest absolute Gasteiger partial charge is 0.259 e. The lowest BCUT2D eigenvalue weighted by Crippen LogP contribution is -2.09. The van der Waals surface area contributed by atoms with Crippen LogP contribution in [0.25, 0.3) is 33.3 Å². The van der Waals surface area contributed by atoms with Gasteiger partial charge in [0, 0.05) is 10.9 Å². The second-order valence-corrected chi connectivity index (χ2v) is 5.06. The average molecular weight is 292 g/mol. The minimum absolute atomic E-state index is 0.144. The number of H-pyrrole nitrogens is 1. The van der Waals surface area contributed by atoms with E-state index in [-0.39, 0.29) is 12.2 Å². The fourth-order valence-corrected chi connectivity index (χ4v) is 2.55. The van der Waals surface area contributed by atoms with E-state index in [1.165, 1.54) is 0 Å². The first-order valence-electron chi connectivity index (χ1n) is 6.87. The van der Waals surface area contributed by atoms with Crippen LogP contribution in [0.4, 0.5) is 0 Å². The number of nitrogens with one attached hydrogen (secondary N) is 1. The zero-order chi connectivity index (χ0) is 15.1. The number of benzene rings is 2. The maximum atomic E-state index is 12.1. The van der Waals surface area contributed by atoms with Crippen LogP contribution < -0.4 is 5.56 Å². The van der Waals surface area contributed by atoms with Crippen LogP contribution in [0.15, 0.2) is 57.7 Å². The SMILES string of the molecule is O=c1[nH]c(-c2ccc3oc(CO)cc3c2)nc2ccccc12. The summed E-state index contributed by atoms with van der Waals surface area (Å²) in [4.78, 5) is 19.4. The van der Waals surface area contributed by atoms with E-state index in [0.29, 0.717) is 28.1 Å². The molecule has 0 unspecified atom stereocenters. The molecule has 0 bridgehead atoms. The molecule has 0 saturated heterocycles. The zero-order valence-electron chi connectivity index (χ0n) is 11.5. The van der Waals surface area contributed by atoms with Crippen LogP contribution in [0.1, 0.15) is 5.76 Å². The Hall–Kier alpha value is -2.92. The van der Waals surface area contributed by atoms with Gasteiger partial charge in [0.2, 0.25) is 0 Å². The summed E-state index contributed by atoms with van der Waals surface area (Å²) in [5, 5.41) is 10.6. The van der Waals surface area contributed by atoms with Gasteiger partial charge in [-0.3, -0.25) is 4.79 Å². The van der Waals surface area contributed by atoms with Crippen molar-refractivity contribution in [1.82, 2.24) is 9.97 Å². The number of aromatic nitrogens is 2. The number of furan rings is 1. The van der Waals surface area contributed by atoms with Gasteiger partial charge < -0.3 is 14.5 Å². The van der Waals surface area contributed by atoms with Gasteiger partial charge in [0.1, 0.15) is 23.8 Å². The predicted molar refractivity (Wildman–Crippen MR) is 83.5 cm³/mol. The van der Waals surface area contributed by atoms with E-state index in [4.69, 9.17) is 9.52 Å². The molecule has 2 aromatic heterocycles. The van der Waals surface area contributed by atoms with Crippen LogP contribution in [0.2, 0.25) is 0 Å². The lowest BCUT2D eigenvalue weighted by atomic mass is 10.1. The molecule has 0 saturated carbocycles. The molecule has 0 aliphatic carbocycles. The lowest BCUT2D eigenvalue weighted by molar-refractivity contribution is 0.251. The van der Waals surface area contributed by atoms with Crippen molar-refractivity contribution in [1.29, 1.82) is 0 Å². The van der Waals surface area contributed by atoms with E-state index in [1.807, 2.05) is 30.3 Å². The number of fused-ring (bicyclic) bond motifs is 2. The number of para-hydroxylation sites is 1. The Morgan fingerprint density at radius 2 is 2.00 bits per heavy atom. The highest BCUT2D eigenvalue weighted by molar-refractivity contribution is 5.84. The molecular weight excluding hydrogens is 280 g/mol. The van der Waals surface area contributed by atoms with Crippen molar-refractivity contribution in [3.8, 4) is 11.4 Å². The Labute approximate surface area is 124 Å². The predicted octanol–water partition coefficient (Wildman–Crippen LogP) is 2.83. The highest BCUT2D eigenvalue weighted by Gasteiger charge is 2.08. The Kier molecular flexibility index (Phi) is 2.80. The van der Waals surface area contributed by atoms with Crippen molar-refractivity contribution in [2.45, 2.75) is 6.61 Å². The molecule has 0 aliphatic heterocycles. The van der Waals surface area contributed by atoms with E-state index in [0.717, 1.165) is 10.9 Å². The summed E-state index contributed by atoms with van der Waals surface area (Å²) in [6.07, 6.45) is 0. The zero-order valence-corrected chi connectivity index (χ0v) is 11.5. The molecule has 22 heavy (non-hydrogen) atoms. The second kappa shape index (κ2) is 4.82. The van der Waals surface area contributed by atoms with Gasteiger partial charge in [0.05, 0.1) is 10.9 Å². The molecule has 0 amide bonds. The minimum Gasteiger partial charge on any atom is -0.459 e. The molecule has 0 fully saturated rings. The Morgan fingerprint density at radius 1 is 1.14 bits per heavy atom. The van der Waals surface area contributed by atoms with Gasteiger partial charge in [-0.15, -0.1) is 0 Å². The first-order chi connectivity index (χ1) is 10.7. The van der Waals surface area contributed by atoms with Gasteiger partial charge in [0.15, 0.2) is 0 Å². The molecule has 4 aromatic rings. The van der Waals surface area contributed by atoms with Crippen LogP contribution in [0, 0.1) is 0 Å². The monoisotopic (exact) mass is 292 g/mol. The van der Waals surface area contributed by atoms with Crippen LogP contribution in [-0.4, -0.2) is 15.1 Å². The lowest BCUT2D eigenvalue weighted by Gasteiger charge is -2.03. The quantitative estimate of drug-likeness (QED) is 0.595. The van der Waals surface area contributed by atoms with Crippen LogP contribution in [-0.2, 0) is 6.61 Å². The van der Waals surface area contributed by atoms with E-state index in [9.17, 15) is 4.79 Å². The van der Waals surface area contributed by atoms with Gasteiger partial charge in [-0.05, 0) is 36.4 Å². The fourth-order valence-electron chi connectivity index (χ4n) is 2.55. The molecule has 108 valence electrons. The van der Waals surface area contributed by atoms with Crippen LogP contribution >= 0.6 is 0 Å². The fraction of sp³-hybridized carbons (Fsp3) is 0.0588. The third-order valence-electron chi connectivity index (χ3n) is 3.61. The maximum absolute atomic E-state index is 12.1. The second-order valence-electron chi connectivity index (χ2n) is 5.06. The summed E-state index contributed by atoms with van der Waals surface area (Å²) in [6, 6.07) is 14.5. The van der Waals surface area contributed by atoms with Gasteiger partial charge >= 0.3 is 0 Å². The molecular formula is C17H12N2O3.